The van der Waals surface area contributed by atoms with Crippen molar-refractivity contribution < 1.29 is 0 Å². The molecule has 0 nitrogen and oxygen atoms in total. The lowest BCUT2D eigenvalue weighted by Crippen LogP contribution is -1.93. The fourth-order valence-corrected chi connectivity index (χ4v) is 10.00. The summed E-state index contributed by atoms with van der Waals surface area (Å²) in [5, 5.41) is 10.6. The van der Waals surface area contributed by atoms with E-state index in [2.05, 4.69) is 172 Å². The van der Waals surface area contributed by atoms with Crippen LogP contribution in [0.3, 0.4) is 0 Å². The van der Waals surface area contributed by atoms with Gasteiger partial charge in [-0.15, -0.1) is 11.3 Å². The molecule has 0 amide bonds. The number of thioether (sulfide) groups is 1. The third-order valence-corrected chi connectivity index (χ3v) is 12.6. The van der Waals surface area contributed by atoms with Gasteiger partial charge in [0.25, 0.3) is 0 Å². The summed E-state index contributed by atoms with van der Waals surface area (Å²) in [5.41, 5.74) is 9.12. The SMILES string of the molecule is C/C(=C\C=C(/C)c1c2ccccc2c(/C(C)=C/C=C2\Cc3ccc4cc5sc6ccccc6c5cc4c3S2)c2ccccc12)c1ccccc1. The van der Waals surface area contributed by atoms with Crippen molar-refractivity contribution in [1.82, 2.24) is 0 Å². The van der Waals surface area contributed by atoms with Crippen LogP contribution in [0.1, 0.15) is 43.0 Å². The summed E-state index contributed by atoms with van der Waals surface area (Å²) in [6, 6.07) is 46.8. The van der Waals surface area contributed by atoms with Gasteiger partial charge in [0.1, 0.15) is 0 Å². The van der Waals surface area contributed by atoms with Crippen molar-refractivity contribution >= 4 is 92.3 Å². The van der Waals surface area contributed by atoms with Crippen molar-refractivity contribution in [2.45, 2.75) is 32.1 Å². The van der Waals surface area contributed by atoms with Gasteiger partial charge >= 0.3 is 0 Å². The second-order valence-corrected chi connectivity index (χ2v) is 15.6. The van der Waals surface area contributed by atoms with E-state index in [0.717, 1.165) is 6.42 Å². The molecule has 0 unspecified atom stereocenters. The van der Waals surface area contributed by atoms with Gasteiger partial charge in [-0.2, -0.15) is 0 Å². The molecule has 0 bridgehead atoms. The minimum atomic E-state index is 0.975. The number of fused-ring (bicyclic) bond motifs is 8. The predicted octanol–water partition coefficient (Wildman–Crippen LogP) is 14.7. The van der Waals surface area contributed by atoms with Gasteiger partial charge in [-0.3, -0.25) is 0 Å². The second-order valence-electron chi connectivity index (χ2n) is 13.4. The highest BCUT2D eigenvalue weighted by molar-refractivity contribution is 8.03. The van der Waals surface area contributed by atoms with E-state index in [9.17, 15) is 0 Å². The normalized spacial score (nSPS) is 14.9. The molecule has 0 N–H and O–H groups in total. The lowest BCUT2D eigenvalue weighted by molar-refractivity contribution is 1.23. The van der Waals surface area contributed by atoms with E-state index >= 15 is 0 Å². The number of benzene rings is 7. The molecule has 240 valence electrons. The van der Waals surface area contributed by atoms with Crippen LogP contribution in [0, 0.1) is 0 Å². The molecule has 0 saturated heterocycles. The molecule has 1 aliphatic rings. The van der Waals surface area contributed by atoms with Gasteiger partial charge in [0, 0.05) is 31.5 Å². The molecule has 50 heavy (non-hydrogen) atoms. The molecular weight excluding hydrogens is 641 g/mol. The summed E-state index contributed by atoms with van der Waals surface area (Å²) in [6.45, 7) is 6.72. The molecule has 0 fully saturated rings. The molecule has 0 aliphatic carbocycles. The molecule has 2 heterocycles. The zero-order valence-electron chi connectivity index (χ0n) is 28.5. The molecular formula is C48H36S2. The maximum absolute atomic E-state index is 2.44. The van der Waals surface area contributed by atoms with Crippen LogP contribution in [0.15, 0.2) is 161 Å². The van der Waals surface area contributed by atoms with E-state index in [0.29, 0.717) is 0 Å². The molecule has 0 atom stereocenters. The van der Waals surface area contributed by atoms with Crippen LogP contribution in [0.2, 0.25) is 0 Å². The summed E-state index contributed by atoms with van der Waals surface area (Å²) >= 11 is 3.84. The summed E-state index contributed by atoms with van der Waals surface area (Å²) < 4.78 is 2.73. The molecule has 1 aromatic heterocycles. The molecule has 9 rings (SSSR count). The highest BCUT2D eigenvalue weighted by Gasteiger charge is 2.20. The first-order chi connectivity index (χ1) is 24.5. The van der Waals surface area contributed by atoms with Crippen LogP contribution in [-0.4, -0.2) is 0 Å². The molecule has 1 aliphatic heterocycles. The molecule has 0 spiro atoms. The third kappa shape index (κ3) is 5.31. The fourth-order valence-electron chi connectivity index (χ4n) is 7.68. The Bertz CT molecular complexity index is 2710. The smallest absolute Gasteiger partial charge is 0.0361 e. The van der Waals surface area contributed by atoms with Crippen molar-refractivity contribution in [2.24, 2.45) is 0 Å². The quantitative estimate of drug-likeness (QED) is 0.129. The number of thiophene rings is 1. The Labute approximate surface area is 301 Å². The Kier molecular flexibility index (Phi) is 7.80. The average molecular weight is 677 g/mol. The molecule has 0 saturated carbocycles. The van der Waals surface area contributed by atoms with Gasteiger partial charge in [0.2, 0.25) is 0 Å². The van der Waals surface area contributed by atoms with E-state index in [4.69, 9.17) is 0 Å². The molecule has 8 aromatic rings. The fraction of sp³-hybridized carbons (Fsp3) is 0.0833. The second kappa shape index (κ2) is 12.6. The average Bonchev–Trinajstić information content (AvgIpc) is 3.75. The lowest BCUT2D eigenvalue weighted by Gasteiger charge is -2.18. The minimum absolute atomic E-state index is 0.975. The van der Waals surface area contributed by atoms with Crippen LogP contribution in [0.25, 0.3) is 69.2 Å². The van der Waals surface area contributed by atoms with Crippen molar-refractivity contribution in [3.05, 3.63) is 179 Å². The third-order valence-electron chi connectivity index (χ3n) is 10.2. The first-order valence-electron chi connectivity index (χ1n) is 17.3. The number of rotatable bonds is 5. The summed E-state index contributed by atoms with van der Waals surface area (Å²) in [5.74, 6) is 0. The monoisotopic (exact) mass is 676 g/mol. The Balaban J connectivity index is 1.11. The van der Waals surface area contributed by atoms with Gasteiger partial charge in [0.15, 0.2) is 0 Å². The van der Waals surface area contributed by atoms with Crippen LogP contribution in [0.4, 0.5) is 0 Å². The van der Waals surface area contributed by atoms with Gasteiger partial charge < -0.3 is 0 Å². The summed E-state index contributed by atoms with van der Waals surface area (Å²) in [6.07, 6.45) is 10.2. The van der Waals surface area contributed by atoms with Crippen molar-refractivity contribution in [2.75, 3.05) is 0 Å². The number of hydrogen-bond acceptors (Lipinski definition) is 2. The maximum Gasteiger partial charge on any atom is 0.0361 e. The van der Waals surface area contributed by atoms with E-state index in [-0.39, 0.29) is 0 Å². The van der Waals surface area contributed by atoms with E-state index in [1.165, 1.54) is 101 Å². The topological polar surface area (TPSA) is 0 Å². The number of hydrogen-bond donors (Lipinski definition) is 0. The van der Waals surface area contributed by atoms with Gasteiger partial charge in [-0.25, -0.2) is 0 Å². The van der Waals surface area contributed by atoms with Crippen LogP contribution in [-0.2, 0) is 6.42 Å². The van der Waals surface area contributed by atoms with Crippen LogP contribution in [0.5, 0.6) is 0 Å². The molecule has 0 radical (unpaired) electrons. The van der Waals surface area contributed by atoms with E-state index in [1.807, 2.05) is 23.1 Å². The van der Waals surface area contributed by atoms with Crippen molar-refractivity contribution in [1.29, 1.82) is 0 Å². The van der Waals surface area contributed by atoms with Gasteiger partial charge in [-0.1, -0.05) is 145 Å². The Morgan fingerprint density at radius 1 is 0.500 bits per heavy atom. The minimum Gasteiger partial charge on any atom is -0.135 e. The van der Waals surface area contributed by atoms with Crippen molar-refractivity contribution in [3.8, 4) is 0 Å². The molecule has 2 heteroatoms. The summed E-state index contributed by atoms with van der Waals surface area (Å²) in [4.78, 5) is 2.81. The van der Waals surface area contributed by atoms with Gasteiger partial charge in [0.05, 0.1) is 0 Å². The van der Waals surface area contributed by atoms with Crippen LogP contribution < -0.4 is 0 Å². The largest absolute Gasteiger partial charge is 0.135 e. The van der Waals surface area contributed by atoms with E-state index < -0.39 is 0 Å². The lowest BCUT2D eigenvalue weighted by atomic mass is 9.86. The standard InChI is InChI=1S/C48H36S2/c1-30(33-13-5-4-6-14-33)21-22-31(2)46-38-16-7-9-18-40(38)47(41-19-10-8-17-39(41)46)32(3)23-26-36-27-35-25-24-34-28-45-43(29-42(34)48(35)49-36)37-15-11-12-20-44(37)50-45/h4-26,28-29H,27H2,1-3H3/b30-21+,31-22+,32-23+,36-26+. The molecule has 7 aromatic carbocycles. The zero-order valence-corrected chi connectivity index (χ0v) is 30.1. The maximum atomic E-state index is 2.44. The Hall–Kier alpha value is -5.15. The van der Waals surface area contributed by atoms with Crippen molar-refractivity contribution in [3.63, 3.8) is 0 Å². The summed E-state index contributed by atoms with van der Waals surface area (Å²) in [7, 11) is 0. The van der Waals surface area contributed by atoms with Gasteiger partial charge in [-0.05, 0) is 115 Å². The van der Waals surface area contributed by atoms with E-state index in [1.54, 1.807) is 0 Å². The predicted molar refractivity (Wildman–Crippen MR) is 223 cm³/mol. The Morgan fingerprint density at radius 3 is 1.76 bits per heavy atom. The zero-order chi connectivity index (χ0) is 33.8. The highest BCUT2D eigenvalue weighted by Crippen LogP contribution is 2.47. The first-order valence-corrected chi connectivity index (χ1v) is 18.9. The van der Waals surface area contributed by atoms with Crippen LogP contribution >= 0.6 is 23.1 Å². The Morgan fingerprint density at radius 2 is 1.08 bits per heavy atom. The highest BCUT2D eigenvalue weighted by atomic mass is 32.2. The first kappa shape index (κ1) is 30.9. The number of allylic oxidation sites excluding steroid dienone is 8.